The Morgan fingerprint density at radius 1 is 1.40 bits per heavy atom. The van der Waals surface area contributed by atoms with Crippen LogP contribution in [0.15, 0.2) is 40.4 Å². The minimum Gasteiger partial charge on any atom is -0.462 e. The number of pyridine rings is 1. The number of carbonyl (C=O) groups is 1. The van der Waals surface area contributed by atoms with Gasteiger partial charge in [-0.25, -0.2) is 9.78 Å². The van der Waals surface area contributed by atoms with Gasteiger partial charge in [-0.3, -0.25) is 4.79 Å². The Labute approximate surface area is 152 Å². The standard InChI is InChI=1S/C16H15ClN4O3S/c1-3-24-16(23)11-9-20(8-10-4-5-12(17)18-7-10)14-6-13(25-2)19-21(14)15(11)22/h4-7,9H,3,8H2,1-2H3. The molecule has 0 aliphatic heterocycles. The fourth-order valence-corrected chi connectivity index (χ4v) is 2.87. The van der Waals surface area contributed by atoms with Crippen molar-refractivity contribution in [3.63, 3.8) is 0 Å². The van der Waals surface area contributed by atoms with Crippen LogP contribution < -0.4 is 5.56 Å². The topological polar surface area (TPSA) is 78.5 Å². The molecule has 0 saturated heterocycles. The largest absolute Gasteiger partial charge is 0.462 e. The Kier molecular flexibility index (Phi) is 5.10. The van der Waals surface area contributed by atoms with Crippen LogP contribution in [0.1, 0.15) is 22.8 Å². The summed E-state index contributed by atoms with van der Waals surface area (Å²) in [4.78, 5) is 28.7. The van der Waals surface area contributed by atoms with Crippen LogP contribution in [0.4, 0.5) is 0 Å². The van der Waals surface area contributed by atoms with E-state index in [-0.39, 0.29) is 12.2 Å². The van der Waals surface area contributed by atoms with Crippen LogP contribution in [0.25, 0.3) is 5.65 Å². The molecule has 0 spiro atoms. The lowest BCUT2D eigenvalue weighted by Gasteiger charge is -2.11. The Hall–Kier alpha value is -2.32. The number of hydrogen-bond acceptors (Lipinski definition) is 6. The van der Waals surface area contributed by atoms with Gasteiger partial charge >= 0.3 is 5.97 Å². The molecule has 3 heterocycles. The summed E-state index contributed by atoms with van der Waals surface area (Å²) in [6.07, 6.45) is 5.01. The van der Waals surface area contributed by atoms with E-state index in [4.69, 9.17) is 16.3 Å². The van der Waals surface area contributed by atoms with E-state index in [0.717, 1.165) is 5.56 Å². The van der Waals surface area contributed by atoms with Crippen LogP contribution in [-0.4, -0.2) is 38.0 Å². The summed E-state index contributed by atoms with van der Waals surface area (Å²) in [6, 6.07) is 5.32. The number of rotatable bonds is 5. The number of ether oxygens (including phenoxy) is 1. The fraction of sp³-hybridized carbons (Fsp3) is 0.250. The molecule has 0 radical (unpaired) electrons. The first-order valence-corrected chi connectivity index (χ1v) is 9.08. The summed E-state index contributed by atoms with van der Waals surface area (Å²) in [5.41, 5.74) is 0.889. The van der Waals surface area contributed by atoms with Crippen LogP contribution in [0.3, 0.4) is 0 Å². The zero-order chi connectivity index (χ0) is 18.0. The van der Waals surface area contributed by atoms with Gasteiger partial charge in [0.05, 0.1) is 13.2 Å². The molecule has 0 saturated carbocycles. The van der Waals surface area contributed by atoms with Crippen molar-refractivity contribution >= 4 is 35.0 Å². The van der Waals surface area contributed by atoms with Crippen molar-refractivity contribution in [1.82, 2.24) is 19.2 Å². The zero-order valence-corrected chi connectivity index (χ0v) is 15.2. The summed E-state index contributed by atoms with van der Waals surface area (Å²) in [7, 11) is 0. The maximum Gasteiger partial charge on any atom is 0.345 e. The summed E-state index contributed by atoms with van der Waals surface area (Å²) >= 11 is 7.23. The van der Waals surface area contributed by atoms with Gasteiger partial charge in [-0.2, -0.15) is 9.61 Å². The monoisotopic (exact) mass is 378 g/mol. The highest BCUT2D eigenvalue weighted by atomic mass is 35.5. The quantitative estimate of drug-likeness (QED) is 0.385. The third-order valence-electron chi connectivity index (χ3n) is 3.52. The minimum absolute atomic E-state index is 0.0629. The smallest absolute Gasteiger partial charge is 0.345 e. The van der Waals surface area contributed by atoms with Crippen molar-refractivity contribution in [2.75, 3.05) is 12.9 Å². The maximum atomic E-state index is 12.6. The summed E-state index contributed by atoms with van der Waals surface area (Å²) in [5.74, 6) is -0.668. The van der Waals surface area contributed by atoms with Crippen molar-refractivity contribution in [2.24, 2.45) is 0 Å². The van der Waals surface area contributed by atoms with Crippen molar-refractivity contribution < 1.29 is 9.53 Å². The van der Waals surface area contributed by atoms with E-state index in [0.29, 0.717) is 22.4 Å². The molecule has 0 unspecified atom stereocenters. The molecular weight excluding hydrogens is 364 g/mol. The van der Waals surface area contributed by atoms with Gasteiger partial charge in [-0.05, 0) is 24.8 Å². The van der Waals surface area contributed by atoms with Crippen molar-refractivity contribution in [2.45, 2.75) is 18.5 Å². The number of fused-ring (bicyclic) bond motifs is 1. The van der Waals surface area contributed by atoms with Crippen LogP contribution in [-0.2, 0) is 11.3 Å². The highest BCUT2D eigenvalue weighted by Crippen LogP contribution is 2.16. The molecule has 25 heavy (non-hydrogen) atoms. The van der Waals surface area contributed by atoms with Gasteiger partial charge in [-0.15, -0.1) is 11.8 Å². The predicted octanol–water partition coefficient (Wildman–Crippen LogP) is 2.49. The number of halogens is 1. The van der Waals surface area contributed by atoms with Gasteiger partial charge in [-0.1, -0.05) is 17.7 Å². The Balaban J connectivity index is 2.16. The SMILES string of the molecule is CCOC(=O)c1cn(Cc2ccc(Cl)nc2)c2cc(SC)nn2c1=O. The Bertz CT molecular complexity index is 981. The van der Waals surface area contributed by atoms with E-state index in [2.05, 4.69) is 10.1 Å². The molecule has 3 rings (SSSR count). The Morgan fingerprint density at radius 3 is 2.84 bits per heavy atom. The van der Waals surface area contributed by atoms with Crippen molar-refractivity contribution in [3.05, 3.63) is 57.2 Å². The van der Waals surface area contributed by atoms with E-state index in [9.17, 15) is 9.59 Å². The lowest BCUT2D eigenvalue weighted by Crippen LogP contribution is -2.27. The highest BCUT2D eigenvalue weighted by molar-refractivity contribution is 7.98. The number of thioether (sulfide) groups is 1. The van der Waals surface area contributed by atoms with Gasteiger partial charge in [0, 0.05) is 18.5 Å². The molecule has 9 heteroatoms. The van der Waals surface area contributed by atoms with E-state index in [1.54, 1.807) is 29.8 Å². The molecule has 0 aliphatic carbocycles. The van der Waals surface area contributed by atoms with E-state index < -0.39 is 11.5 Å². The number of carbonyl (C=O) groups excluding carboxylic acids is 1. The molecule has 0 fully saturated rings. The molecule has 0 amide bonds. The van der Waals surface area contributed by atoms with Gasteiger partial charge in [0.1, 0.15) is 21.4 Å². The van der Waals surface area contributed by atoms with Crippen LogP contribution in [0.5, 0.6) is 0 Å². The fourth-order valence-electron chi connectivity index (χ4n) is 2.37. The third kappa shape index (κ3) is 3.54. The molecule has 7 nitrogen and oxygen atoms in total. The Morgan fingerprint density at radius 2 is 2.20 bits per heavy atom. The normalized spacial score (nSPS) is 11.0. The third-order valence-corrected chi connectivity index (χ3v) is 4.36. The molecule has 0 N–H and O–H groups in total. The van der Waals surface area contributed by atoms with E-state index >= 15 is 0 Å². The molecule has 0 aromatic carbocycles. The lowest BCUT2D eigenvalue weighted by molar-refractivity contribution is 0.0523. The molecule has 3 aromatic rings. The molecule has 130 valence electrons. The summed E-state index contributed by atoms with van der Waals surface area (Å²) < 4.78 is 7.98. The number of nitrogens with zero attached hydrogens (tertiary/aromatic N) is 4. The first-order chi connectivity index (χ1) is 12.0. The van der Waals surface area contributed by atoms with Crippen LogP contribution in [0, 0.1) is 0 Å². The van der Waals surface area contributed by atoms with E-state index in [1.807, 2.05) is 12.3 Å². The second-order valence-electron chi connectivity index (χ2n) is 5.14. The van der Waals surface area contributed by atoms with Gasteiger partial charge in [0.25, 0.3) is 5.56 Å². The number of esters is 1. The molecule has 3 aromatic heterocycles. The summed E-state index contributed by atoms with van der Waals surface area (Å²) in [5, 5.41) is 5.33. The minimum atomic E-state index is -0.668. The molecule has 0 bridgehead atoms. The van der Waals surface area contributed by atoms with Crippen molar-refractivity contribution in [1.29, 1.82) is 0 Å². The van der Waals surface area contributed by atoms with Crippen LogP contribution in [0.2, 0.25) is 5.15 Å². The van der Waals surface area contributed by atoms with E-state index in [1.165, 1.54) is 22.5 Å². The molecule has 0 atom stereocenters. The maximum absolute atomic E-state index is 12.6. The van der Waals surface area contributed by atoms with Gasteiger partial charge < -0.3 is 9.30 Å². The predicted molar refractivity (Wildman–Crippen MR) is 95.5 cm³/mol. The molecule has 0 aliphatic rings. The highest BCUT2D eigenvalue weighted by Gasteiger charge is 2.18. The zero-order valence-electron chi connectivity index (χ0n) is 13.6. The van der Waals surface area contributed by atoms with Gasteiger partial charge in [0.2, 0.25) is 0 Å². The number of hydrogen-bond donors (Lipinski definition) is 0. The second kappa shape index (κ2) is 7.28. The molecular formula is C16H15ClN4O3S. The average Bonchev–Trinajstić information content (AvgIpc) is 3.04. The number of aromatic nitrogens is 4. The van der Waals surface area contributed by atoms with Crippen LogP contribution >= 0.6 is 23.4 Å². The van der Waals surface area contributed by atoms with Gasteiger partial charge in [0.15, 0.2) is 0 Å². The van der Waals surface area contributed by atoms with Crippen molar-refractivity contribution in [3.8, 4) is 0 Å². The summed E-state index contributed by atoms with van der Waals surface area (Å²) in [6.45, 7) is 2.28. The second-order valence-corrected chi connectivity index (χ2v) is 6.36. The first kappa shape index (κ1) is 17.5. The average molecular weight is 379 g/mol. The lowest BCUT2D eigenvalue weighted by atomic mass is 10.2. The first-order valence-electron chi connectivity index (χ1n) is 7.48.